The minimum atomic E-state index is -0.271. The summed E-state index contributed by atoms with van der Waals surface area (Å²) in [5.41, 5.74) is 16.4. The average molecular weight is 439 g/mol. The zero-order chi connectivity index (χ0) is 21.7. The number of aromatic nitrogens is 3. The number of hydrogen-bond acceptors (Lipinski definition) is 5. The van der Waals surface area contributed by atoms with Crippen LogP contribution in [0.25, 0.3) is 11.0 Å². The van der Waals surface area contributed by atoms with Crippen LogP contribution in [-0.4, -0.2) is 20.6 Å². The fraction of sp³-hybridized carbons (Fsp3) is 0.304. The zero-order valence-corrected chi connectivity index (χ0v) is 18.0. The van der Waals surface area contributed by atoms with Gasteiger partial charge in [-0.15, -0.1) is 0 Å². The number of rotatable bonds is 4. The molecule has 2 unspecified atom stereocenters. The summed E-state index contributed by atoms with van der Waals surface area (Å²) in [4.78, 5) is 8.70. The molecule has 2 aromatic heterocycles. The second kappa shape index (κ2) is 7.57. The van der Waals surface area contributed by atoms with Gasteiger partial charge in [0.15, 0.2) is 0 Å². The van der Waals surface area contributed by atoms with Crippen molar-refractivity contribution in [3.8, 4) is 0 Å². The average Bonchev–Trinajstić information content (AvgIpc) is 3.35. The van der Waals surface area contributed by atoms with Gasteiger partial charge in [0.05, 0.1) is 22.8 Å². The van der Waals surface area contributed by atoms with Crippen LogP contribution in [0.3, 0.4) is 0 Å². The molecule has 0 fully saturated rings. The first-order valence-corrected chi connectivity index (χ1v) is 10.8. The molecule has 3 heterocycles. The molecule has 160 valence electrons. The van der Waals surface area contributed by atoms with Crippen molar-refractivity contribution in [3.63, 3.8) is 0 Å². The van der Waals surface area contributed by atoms with Crippen LogP contribution >= 0.6 is 11.6 Å². The lowest BCUT2D eigenvalue weighted by molar-refractivity contribution is 0.597. The van der Waals surface area contributed by atoms with E-state index < -0.39 is 0 Å². The maximum Gasteiger partial charge on any atom is 0.222 e. The number of halogens is 2. The molecule has 0 spiro atoms. The highest BCUT2D eigenvalue weighted by Crippen LogP contribution is 2.36. The van der Waals surface area contributed by atoms with Crippen molar-refractivity contribution in [1.29, 1.82) is 0 Å². The number of nitrogen functional groups attached to an aromatic ring is 1. The van der Waals surface area contributed by atoms with Gasteiger partial charge in [-0.05, 0) is 56.4 Å². The number of fused-ring (bicyclic) bond motifs is 2. The van der Waals surface area contributed by atoms with Gasteiger partial charge in [-0.2, -0.15) is 4.98 Å². The molecule has 2 aliphatic carbocycles. The number of nitrogens with zero attached hydrogens (tertiary/aromatic N) is 3. The fourth-order valence-corrected chi connectivity index (χ4v) is 4.78. The lowest BCUT2D eigenvalue weighted by Crippen LogP contribution is -2.37. The van der Waals surface area contributed by atoms with Gasteiger partial charge in [0.2, 0.25) is 5.95 Å². The van der Waals surface area contributed by atoms with Crippen LogP contribution in [0.4, 0.5) is 10.3 Å². The van der Waals surface area contributed by atoms with Gasteiger partial charge >= 0.3 is 0 Å². The molecule has 0 amide bonds. The van der Waals surface area contributed by atoms with Gasteiger partial charge in [-0.25, -0.2) is 9.37 Å². The van der Waals surface area contributed by atoms with Crippen LogP contribution in [0.15, 0.2) is 70.0 Å². The summed E-state index contributed by atoms with van der Waals surface area (Å²) < 4.78 is 16.8. The third kappa shape index (κ3) is 3.63. The van der Waals surface area contributed by atoms with Crippen molar-refractivity contribution in [3.05, 3.63) is 75.7 Å². The van der Waals surface area contributed by atoms with Gasteiger partial charge in [0.25, 0.3) is 0 Å². The summed E-state index contributed by atoms with van der Waals surface area (Å²) in [6, 6.07) is 2.02. The fourth-order valence-electron chi connectivity index (χ4n) is 4.61. The van der Waals surface area contributed by atoms with Gasteiger partial charge in [0.1, 0.15) is 17.3 Å². The molecular formula is C23H24ClFN6. The molecule has 6 nitrogen and oxygen atoms in total. The van der Waals surface area contributed by atoms with E-state index in [2.05, 4.69) is 32.1 Å². The first kappa shape index (κ1) is 19.9. The van der Waals surface area contributed by atoms with Crippen molar-refractivity contribution in [1.82, 2.24) is 19.9 Å². The summed E-state index contributed by atoms with van der Waals surface area (Å²) in [5.74, 6) is 0.415. The van der Waals surface area contributed by atoms with Crippen LogP contribution in [0.1, 0.15) is 37.4 Å². The number of aryl methyl sites for hydroxylation is 1. The Hall–Kier alpha value is -3.06. The largest absolute Gasteiger partial charge is 0.384 e. The first-order valence-electron chi connectivity index (χ1n) is 10.4. The SMILES string of the molecule is Cc1nc(N)nc2c1ccn2C1C=C(CCC2=CC3NC(N)=C(Cl)C=C3C(F)=C2)CC1. The Morgan fingerprint density at radius 2 is 2.06 bits per heavy atom. The van der Waals surface area contributed by atoms with Gasteiger partial charge < -0.3 is 21.4 Å². The van der Waals surface area contributed by atoms with E-state index in [0.29, 0.717) is 22.4 Å². The van der Waals surface area contributed by atoms with Crippen molar-refractivity contribution >= 4 is 28.6 Å². The highest BCUT2D eigenvalue weighted by atomic mass is 35.5. The summed E-state index contributed by atoms with van der Waals surface area (Å²) in [7, 11) is 0. The van der Waals surface area contributed by atoms with Crippen molar-refractivity contribution in [2.45, 2.75) is 44.7 Å². The minimum Gasteiger partial charge on any atom is -0.384 e. The predicted molar refractivity (Wildman–Crippen MR) is 122 cm³/mol. The number of dihydropyridines is 1. The van der Waals surface area contributed by atoms with E-state index in [0.717, 1.165) is 48.0 Å². The topological polar surface area (TPSA) is 94.8 Å². The highest BCUT2D eigenvalue weighted by Gasteiger charge is 2.26. The standard InChI is InChI=1S/C23H24ClFN6/c1-12-16-6-7-31(22(16)30-23(27)28-12)15-5-4-13(8-15)2-3-14-9-19(25)17-11-18(24)21(26)29-20(17)10-14/h6-11,15,20,29H,2-5,26H2,1H3,(H2,27,28,30). The smallest absolute Gasteiger partial charge is 0.222 e. The number of hydrogen-bond donors (Lipinski definition) is 3. The molecule has 0 saturated heterocycles. The third-order valence-electron chi connectivity index (χ3n) is 6.22. The lowest BCUT2D eigenvalue weighted by Gasteiger charge is -2.27. The second-order valence-corrected chi connectivity index (χ2v) is 8.68. The molecule has 5 rings (SSSR count). The molecule has 0 saturated carbocycles. The van der Waals surface area contributed by atoms with E-state index in [1.54, 1.807) is 12.2 Å². The Morgan fingerprint density at radius 1 is 1.23 bits per heavy atom. The van der Waals surface area contributed by atoms with E-state index >= 15 is 0 Å². The van der Waals surface area contributed by atoms with E-state index in [1.807, 2.05) is 19.1 Å². The lowest BCUT2D eigenvalue weighted by atomic mass is 9.91. The molecule has 31 heavy (non-hydrogen) atoms. The molecule has 5 N–H and O–H groups in total. The number of anilines is 1. The van der Waals surface area contributed by atoms with Gasteiger partial charge in [-0.1, -0.05) is 29.3 Å². The summed E-state index contributed by atoms with van der Waals surface area (Å²) in [6.07, 6.45) is 13.3. The Kier molecular flexibility index (Phi) is 4.85. The van der Waals surface area contributed by atoms with Gasteiger partial charge in [-0.3, -0.25) is 0 Å². The van der Waals surface area contributed by atoms with E-state index in [1.165, 1.54) is 5.57 Å². The van der Waals surface area contributed by atoms with Crippen LogP contribution in [0.5, 0.6) is 0 Å². The molecule has 1 aliphatic heterocycles. The summed E-state index contributed by atoms with van der Waals surface area (Å²) in [6.45, 7) is 1.95. The number of nitrogens with two attached hydrogens (primary N) is 2. The Labute approximate surface area is 184 Å². The third-order valence-corrected chi connectivity index (χ3v) is 6.53. The van der Waals surface area contributed by atoms with E-state index in [9.17, 15) is 4.39 Å². The second-order valence-electron chi connectivity index (χ2n) is 8.28. The molecule has 2 aromatic rings. The molecule has 0 aromatic carbocycles. The monoisotopic (exact) mass is 438 g/mol. The predicted octanol–water partition coefficient (Wildman–Crippen LogP) is 4.42. The molecule has 0 bridgehead atoms. The Balaban J connectivity index is 1.30. The normalized spacial score (nSPS) is 23.2. The Morgan fingerprint density at radius 3 is 2.90 bits per heavy atom. The molecule has 3 aliphatic rings. The maximum absolute atomic E-state index is 14.6. The zero-order valence-electron chi connectivity index (χ0n) is 17.2. The van der Waals surface area contributed by atoms with Crippen LogP contribution in [0.2, 0.25) is 0 Å². The quantitative estimate of drug-likeness (QED) is 0.614. The van der Waals surface area contributed by atoms with Crippen molar-refractivity contribution in [2.75, 3.05) is 5.73 Å². The molecule has 0 radical (unpaired) electrons. The van der Waals surface area contributed by atoms with Crippen LogP contribution in [-0.2, 0) is 0 Å². The van der Waals surface area contributed by atoms with Gasteiger partial charge in [0, 0.05) is 17.2 Å². The van der Waals surface area contributed by atoms with Crippen molar-refractivity contribution in [2.24, 2.45) is 5.73 Å². The number of allylic oxidation sites excluding steroid dienone is 6. The summed E-state index contributed by atoms with van der Waals surface area (Å²) in [5, 5.41) is 4.44. The summed E-state index contributed by atoms with van der Waals surface area (Å²) >= 11 is 6.02. The maximum atomic E-state index is 14.6. The van der Waals surface area contributed by atoms with Crippen molar-refractivity contribution < 1.29 is 4.39 Å². The van der Waals surface area contributed by atoms with E-state index in [4.69, 9.17) is 23.1 Å². The Bertz CT molecular complexity index is 1230. The van der Waals surface area contributed by atoms with Crippen LogP contribution in [0, 0.1) is 6.92 Å². The molecule has 8 heteroatoms. The van der Waals surface area contributed by atoms with E-state index in [-0.39, 0.29) is 17.9 Å². The molecular weight excluding hydrogens is 415 g/mol. The first-order chi connectivity index (χ1) is 14.9. The number of nitrogens with one attached hydrogen (secondary N) is 1. The van der Waals surface area contributed by atoms with Crippen LogP contribution < -0.4 is 16.8 Å². The molecule has 2 atom stereocenters. The minimum absolute atomic E-state index is 0.246. The highest BCUT2D eigenvalue weighted by molar-refractivity contribution is 6.31.